The first kappa shape index (κ1) is 12.6. The molecule has 1 fully saturated rings. The number of hydrogen-bond donors (Lipinski definition) is 1. The maximum Gasteiger partial charge on any atom is 0.0746 e. The Morgan fingerprint density at radius 3 is 3.05 bits per heavy atom. The summed E-state index contributed by atoms with van der Waals surface area (Å²) in [4.78, 5) is 6.95. The minimum absolute atomic E-state index is 0.697. The quantitative estimate of drug-likeness (QED) is 0.909. The Kier molecular flexibility index (Phi) is 3.76. The summed E-state index contributed by atoms with van der Waals surface area (Å²) in [5.41, 5.74) is 2.41. The van der Waals surface area contributed by atoms with Gasteiger partial charge in [0.15, 0.2) is 0 Å². The van der Waals surface area contributed by atoms with Crippen molar-refractivity contribution in [2.75, 3.05) is 20.1 Å². The Bertz CT molecular complexity index is 547. The molecule has 1 saturated heterocycles. The average Bonchev–Trinajstić information content (AvgIpc) is 2.85. The van der Waals surface area contributed by atoms with E-state index in [4.69, 9.17) is 0 Å². The van der Waals surface area contributed by atoms with E-state index in [1.54, 1.807) is 0 Å². The van der Waals surface area contributed by atoms with Gasteiger partial charge in [0.05, 0.1) is 5.52 Å². The Labute approximate surface area is 114 Å². The van der Waals surface area contributed by atoms with Crippen LogP contribution >= 0.6 is 0 Å². The number of hydrogen-bond acceptors (Lipinski definition) is 3. The van der Waals surface area contributed by atoms with Gasteiger partial charge in [-0.1, -0.05) is 24.3 Å². The Balaban J connectivity index is 1.65. The predicted molar refractivity (Wildman–Crippen MR) is 79.1 cm³/mol. The molecule has 0 spiro atoms. The number of nitrogens with one attached hydrogen (secondary N) is 1. The van der Waals surface area contributed by atoms with Crippen molar-refractivity contribution in [1.29, 1.82) is 0 Å². The summed E-state index contributed by atoms with van der Waals surface area (Å²) < 4.78 is 0. The maximum atomic E-state index is 4.50. The van der Waals surface area contributed by atoms with Crippen molar-refractivity contribution < 1.29 is 0 Å². The van der Waals surface area contributed by atoms with Crippen LogP contribution in [0.1, 0.15) is 18.4 Å². The predicted octanol–water partition coefficient (Wildman–Crippen LogP) is 2.42. The molecule has 3 nitrogen and oxygen atoms in total. The monoisotopic (exact) mass is 255 g/mol. The topological polar surface area (TPSA) is 28.2 Å². The fourth-order valence-corrected chi connectivity index (χ4v) is 2.92. The van der Waals surface area contributed by atoms with Crippen LogP contribution in [-0.2, 0) is 6.54 Å². The third kappa shape index (κ3) is 2.77. The number of likely N-dealkylation sites (tertiary alicyclic amines) is 1. The lowest BCUT2D eigenvalue weighted by Gasteiger charge is -2.19. The van der Waals surface area contributed by atoms with E-state index < -0.39 is 0 Å². The van der Waals surface area contributed by atoms with Gasteiger partial charge in [-0.2, -0.15) is 0 Å². The first-order valence-electron chi connectivity index (χ1n) is 7.08. The third-order valence-electron chi connectivity index (χ3n) is 4.08. The minimum atomic E-state index is 0.697. The highest BCUT2D eigenvalue weighted by molar-refractivity contribution is 5.81. The molecule has 100 valence electrons. The van der Waals surface area contributed by atoms with Gasteiger partial charge in [-0.05, 0) is 38.1 Å². The van der Waals surface area contributed by atoms with Crippen LogP contribution < -0.4 is 5.32 Å². The van der Waals surface area contributed by atoms with Gasteiger partial charge in [-0.25, -0.2) is 0 Å². The van der Waals surface area contributed by atoms with E-state index in [-0.39, 0.29) is 0 Å². The maximum absolute atomic E-state index is 4.50. The van der Waals surface area contributed by atoms with Gasteiger partial charge in [0.25, 0.3) is 0 Å². The van der Waals surface area contributed by atoms with Crippen molar-refractivity contribution in [2.24, 2.45) is 0 Å². The molecular weight excluding hydrogens is 234 g/mol. The highest BCUT2D eigenvalue weighted by atomic mass is 15.2. The number of likely N-dealkylation sites (N-methyl/N-ethyl adjacent to an activating group) is 1. The lowest BCUT2D eigenvalue weighted by atomic mass is 10.1. The van der Waals surface area contributed by atoms with Crippen LogP contribution in [0.4, 0.5) is 0 Å². The zero-order chi connectivity index (χ0) is 13.1. The van der Waals surface area contributed by atoms with E-state index in [9.17, 15) is 0 Å². The van der Waals surface area contributed by atoms with E-state index in [1.165, 1.54) is 30.3 Å². The van der Waals surface area contributed by atoms with Gasteiger partial charge in [-0.15, -0.1) is 0 Å². The van der Waals surface area contributed by atoms with Crippen LogP contribution in [0.25, 0.3) is 10.9 Å². The summed E-state index contributed by atoms with van der Waals surface area (Å²) in [6, 6.07) is 11.2. The zero-order valence-corrected chi connectivity index (χ0v) is 11.5. The largest absolute Gasteiger partial charge is 0.311 e. The highest BCUT2D eigenvalue weighted by Gasteiger charge is 2.19. The van der Waals surface area contributed by atoms with E-state index in [0.29, 0.717) is 6.04 Å². The summed E-state index contributed by atoms with van der Waals surface area (Å²) in [5.74, 6) is 0. The number of nitrogens with zero attached hydrogens (tertiary/aromatic N) is 2. The molecule has 3 rings (SSSR count). The van der Waals surface area contributed by atoms with Crippen molar-refractivity contribution in [1.82, 2.24) is 15.2 Å². The van der Waals surface area contributed by atoms with Gasteiger partial charge in [0.1, 0.15) is 0 Å². The molecule has 0 unspecified atom stereocenters. The van der Waals surface area contributed by atoms with Crippen molar-refractivity contribution in [3.8, 4) is 0 Å². The lowest BCUT2D eigenvalue weighted by molar-refractivity contribution is 0.300. The van der Waals surface area contributed by atoms with E-state index in [0.717, 1.165) is 18.6 Å². The van der Waals surface area contributed by atoms with Crippen LogP contribution in [0.15, 0.2) is 36.5 Å². The third-order valence-corrected chi connectivity index (χ3v) is 4.08. The standard InChI is InChI=1S/C16H21N3/c1-19-10-4-8-15(19)12-17-11-14-6-2-5-13-7-3-9-18-16(13)14/h2-3,5-7,9,15,17H,4,8,10-12H2,1H3/t15-/m0/s1. The highest BCUT2D eigenvalue weighted by Crippen LogP contribution is 2.16. The molecule has 0 radical (unpaired) electrons. The minimum Gasteiger partial charge on any atom is -0.311 e. The van der Waals surface area contributed by atoms with Gasteiger partial charge in [0.2, 0.25) is 0 Å². The van der Waals surface area contributed by atoms with Crippen LogP contribution in [0.2, 0.25) is 0 Å². The average molecular weight is 255 g/mol. The number of para-hydroxylation sites is 1. The summed E-state index contributed by atoms with van der Waals surface area (Å²) >= 11 is 0. The number of fused-ring (bicyclic) bond motifs is 1. The smallest absolute Gasteiger partial charge is 0.0746 e. The van der Waals surface area contributed by atoms with E-state index in [2.05, 4.69) is 46.5 Å². The number of benzene rings is 1. The molecule has 0 saturated carbocycles. The molecule has 1 N–H and O–H groups in total. The molecule has 0 amide bonds. The van der Waals surface area contributed by atoms with Gasteiger partial charge in [-0.3, -0.25) is 4.98 Å². The van der Waals surface area contributed by atoms with Crippen LogP contribution in [0.5, 0.6) is 0 Å². The molecule has 1 aromatic heterocycles. The lowest BCUT2D eigenvalue weighted by Crippen LogP contribution is -2.35. The van der Waals surface area contributed by atoms with Crippen molar-refractivity contribution in [3.05, 3.63) is 42.1 Å². The second-order valence-electron chi connectivity index (χ2n) is 5.40. The van der Waals surface area contributed by atoms with Crippen molar-refractivity contribution in [2.45, 2.75) is 25.4 Å². The van der Waals surface area contributed by atoms with Crippen LogP contribution in [0, 0.1) is 0 Å². The molecule has 2 aromatic rings. The first-order chi connectivity index (χ1) is 9.34. The molecule has 0 aliphatic carbocycles. The molecule has 1 aliphatic heterocycles. The van der Waals surface area contributed by atoms with Crippen LogP contribution in [-0.4, -0.2) is 36.1 Å². The fraction of sp³-hybridized carbons (Fsp3) is 0.438. The number of rotatable bonds is 4. The first-order valence-corrected chi connectivity index (χ1v) is 7.08. The summed E-state index contributed by atoms with van der Waals surface area (Å²) in [7, 11) is 2.22. The van der Waals surface area contributed by atoms with E-state index in [1.807, 2.05) is 12.3 Å². The Morgan fingerprint density at radius 1 is 1.32 bits per heavy atom. The second kappa shape index (κ2) is 5.68. The Morgan fingerprint density at radius 2 is 2.21 bits per heavy atom. The van der Waals surface area contributed by atoms with E-state index >= 15 is 0 Å². The summed E-state index contributed by atoms with van der Waals surface area (Å²) in [6.07, 6.45) is 4.52. The molecule has 19 heavy (non-hydrogen) atoms. The Hall–Kier alpha value is -1.45. The SMILES string of the molecule is CN1CCC[C@H]1CNCc1cccc2cccnc12. The van der Waals surface area contributed by atoms with Crippen molar-refractivity contribution in [3.63, 3.8) is 0 Å². The second-order valence-corrected chi connectivity index (χ2v) is 5.40. The molecule has 1 aromatic carbocycles. The summed E-state index contributed by atoms with van der Waals surface area (Å²) in [6.45, 7) is 3.21. The van der Waals surface area contributed by atoms with Crippen molar-refractivity contribution >= 4 is 10.9 Å². The molecule has 0 bridgehead atoms. The molecule has 1 atom stereocenters. The molecular formula is C16H21N3. The number of pyridine rings is 1. The summed E-state index contributed by atoms with van der Waals surface area (Å²) in [5, 5.41) is 4.81. The van der Waals surface area contributed by atoms with Gasteiger partial charge >= 0.3 is 0 Å². The molecule has 3 heteroatoms. The molecule has 1 aliphatic rings. The molecule has 2 heterocycles. The van der Waals surface area contributed by atoms with Gasteiger partial charge < -0.3 is 10.2 Å². The van der Waals surface area contributed by atoms with Crippen LogP contribution in [0.3, 0.4) is 0 Å². The van der Waals surface area contributed by atoms with Gasteiger partial charge in [0, 0.05) is 30.7 Å². The number of aromatic nitrogens is 1. The zero-order valence-electron chi connectivity index (χ0n) is 11.5. The normalized spacial score (nSPS) is 20.2. The fourth-order valence-electron chi connectivity index (χ4n) is 2.92.